The number of hydrogen-bond donors (Lipinski definition) is 2. The van der Waals surface area contributed by atoms with Crippen molar-refractivity contribution in [3.05, 3.63) is 34.7 Å². The van der Waals surface area contributed by atoms with Crippen LogP contribution in [0.5, 0.6) is 11.5 Å². The van der Waals surface area contributed by atoms with Crippen molar-refractivity contribution in [3.8, 4) is 22.8 Å². The van der Waals surface area contributed by atoms with Crippen LogP contribution >= 0.6 is 12.2 Å². The summed E-state index contributed by atoms with van der Waals surface area (Å²) in [5, 5.41) is 8.99. The number of rotatable bonds is 2. The Morgan fingerprint density at radius 3 is 2.89 bits per heavy atom. The summed E-state index contributed by atoms with van der Waals surface area (Å²) in [6.45, 7) is 0.182. The minimum atomic E-state index is -1.09. The van der Waals surface area contributed by atoms with Gasteiger partial charge >= 0.3 is 5.97 Å². The first-order valence-electron chi connectivity index (χ1n) is 5.38. The van der Waals surface area contributed by atoms with E-state index in [1.807, 2.05) is 0 Å². The van der Waals surface area contributed by atoms with Crippen LogP contribution in [0.3, 0.4) is 0 Å². The van der Waals surface area contributed by atoms with E-state index in [9.17, 15) is 4.79 Å². The highest BCUT2D eigenvalue weighted by Gasteiger charge is 2.15. The Morgan fingerprint density at radius 1 is 1.32 bits per heavy atom. The van der Waals surface area contributed by atoms with Crippen molar-refractivity contribution in [1.82, 2.24) is 9.97 Å². The van der Waals surface area contributed by atoms with Crippen molar-refractivity contribution < 1.29 is 19.4 Å². The number of carboxylic acids is 1. The number of hydrogen-bond acceptors (Lipinski definition) is 5. The fourth-order valence-corrected chi connectivity index (χ4v) is 1.98. The summed E-state index contributed by atoms with van der Waals surface area (Å²) >= 11 is 4.92. The van der Waals surface area contributed by atoms with Gasteiger partial charge in [0.25, 0.3) is 0 Å². The third-order valence-corrected chi connectivity index (χ3v) is 2.84. The van der Waals surface area contributed by atoms with Crippen LogP contribution in [0.25, 0.3) is 11.3 Å². The smallest absolute Gasteiger partial charge is 0.352 e. The Hall–Kier alpha value is -2.41. The highest BCUT2D eigenvalue weighted by molar-refractivity contribution is 7.71. The standard InChI is InChI=1S/C12H8N2O4S/c15-11(16)8-4-7(13-12(19)14-8)6-1-2-9-10(3-6)18-5-17-9/h1-4H,5H2,(H,15,16)(H,13,14,19). The topological polar surface area (TPSA) is 84.4 Å². The molecule has 0 radical (unpaired) electrons. The van der Waals surface area contributed by atoms with Crippen LogP contribution in [-0.4, -0.2) is 27.8 Å². The molecule has 0 amide bonds. The molecule has 0 aliphatic carbocycles. The Labute approximate surface area is 112 Å². The van der Waals surface area contributed by atoms with E-state index in [2.05, 4.69) is 9.97 Å². The van der Waals surface area contributed by atoms with Crippen LogP contribution < -0.4 is 9.47 Å². The van der Waals surface area contributed by atoms with Gasteiger partial charge in [0.1, 0.15) is 5.69 Å². The number of aromatic carboxylic acids is 1. The molecule has 96 valence electrons. The molecule has 7 heteroatoms. The fraction of sp³-hybridized carbons (Fsp3) is 0.0833. The van der Waals surface area contributed by atoms with Crippen molar-refractivity contribution in [2.45, 2.75) is 0 Å². The number of fused-ring (bicyclic) bond motifs is 1. The van der Waals surface area contributed by atoms with E-state index in [0.29, 0.717) is 22.8 Å². The summed E-state index contributed by atoms with van der Waals surface area (Å²) < 4.78 is 10.6. The Bertz CT molecular complexity index is 726. The van der Waals surface area contributed by atoms with Crippen molar-refractivity contribution in [2.75, 3.05) is 6.79 Å². The Balaban J connectivity index is 2.11. The predicted molar refractivity (Wildman–Crippen MR) is 67.9 cm³/mol. The Morgan fingerprint density at radius 2 is 2.11 bits per heavy atom. The predicted octanol–water partition coefficient (Wildman–Crippen LogP) is 2.23. The summed E-state index contributed by atoms with van der Waals surface area (Å²) in [6, 6.07) is 6.69. The average molecular weight is 276 g/mol. The number of aromatic nitrogens is 2. The number of H-pyrrole nitrogens is 1. The molecular formula is C12H8N2O4S. The molecule has 0 atom stereocenters. The zero-order valence-electron chi connectivity index (χ0n) is 9.54. The molecule has 0 bridgehead atoms. The molecule has 19 heavy (non-hydrogen) atoms. The van der Waals surface area contributed by atoms with Crippen LogP contribution in [0, 0.1) is 4.77 Å². The largest absolute Gasteiger partial charge is 0.477 e. The summed E-state index contributed by atoms with van der Waals surface area (Å²) in [6.07, 6.45) is 0. The molecular weight excluding hydrogens is 268 g/mol. The number of ether oxygens (including phenoxy) is 2. The van der Waals surface area contributed by atoms with E-state index >= 15 is 0 Å². The molecule has 2 N–H and O–H groups in total. The maximum Gasteiger partial charge on any atom is 0.352 e. The van der Waals surface area contributed by atoms with Crippen molar-refractivity contribution in [3.63, 3.8) is 0 Å². The Kier molecular flexibility index (Phi) is 2.68. The molecule has 3 rings (SSSR count). The lowest BCUT2D eigenvalue weighted by Gasteiger charge is -2.04. The second-order valence-corrected chi connectivity index (χ2v) is 4.25. The van der Waals surface area contributed by atoms with E-state index in [1.54, 1.807) is 18.2 Å². The van der Waals surface area contributed by atoms with Gasteiger partial charge in [-0.15, -0.1) is 0 Å². The minimum absolute atomic E-state index is 0.00679. The molecule has 0 fully saturated rings. The molecule has 1 aliphatic heterocycles. The molecule has 0 spiro atoms. The van der Waals surface area contributed by atoms with Gasteiger partial charge in [0, 0.05) is 5.56 Å². The molecule has 0 saturated heterocycles. The molecule has 1 aromatic carbocycles. The lowest BCUT2D eigenvalue weighted by Crippen LogP contribution is -2.02. The molecule has 0 unspecified atom stereocenters. The van der Waals surface area contributed by atoms with Gasteiger partial charge in [-0.25, -0.2) is 9.78 Å². The van der Waals surface area contributed by atoms with Gasteiger partial charge in [-0.1, -0.05) is 0 Å². The second kappa shape index (κ2) is 4.36. The van der Waals surface area contributed by atoms with Gasteiger partial charge in [0.2, 0.25) is 6.79 Å². The number of carbonyl (C=O) groups is 1. The number of benzene rings is 1. The number of aromatic amines is 1. The van der Waals surface area contributed by atoms with Crippen molar-refractivity contribution in [2.24, 2.45) is 0 Å². The lowest BCUT2D eigenvalue weighted by atomic mass is 10.1. The molecule has 6 nitrogen and oxygen atoms in total. The SMILES string of the molecule is O=C(O)c1cc(-c2ccc3c(c2)OCO3)nc(=S)[nH]1. The quantitative estimate of drug-likeness (QED) is 0.818. The van der Waals surface area contributed by atoms with Crippen LogP contribution in [0.2, 0.25) is 0 Å². The molecule has 2 heterocycles. The van der Waals surface area contributed by atoms with Gasteiger partial charge < -0.3 is 19.6 Å². The van der Waals surface area contributed by atoms with Crippen molar-refractivity contribution >= 4 is 18.2 Å². The van der Waals surface area contributed by atoms with E-state index in [0.717, 1.165) is 0 Å². The van der Waals surface area contributed by atoms with Crippen LogP contribution in [0.15, 0.2) is 24.3 Å². The van der Waals surface area contributed by atoms with Crippen LogP contribution in [0.1, 0.15) is 10.5 Å². The van der Waals surface area contributed by atoms with Gasteiger partial charge in [0.15, 0.2) is 16.3 Å². The number of carboxylic acid groups (broad SMARTS) is 1. The third kappa shape index (κ3) is 2.15. The van der Waals surface area contributed by atoms with E-state index in [1.165, 1.54) is 6.07 Å². The van der Waals surface area contributed by atoms with E-state index in [-0.39, 0.29) is 17.3 Å². The van der Waals surface area contributed by atoms with Gasteiger partial charge in [-0.05, 0) is 36.5 Å². The molecule has 1 aromatic heterocycles. The maximum absolute atomic E-state index is 11.0. The normalized spacial score (nSPS) is 12.4. The highest BCUT2D eigenvalue weighted by atomic mass is 32.1. The summed E-state index contributed by atoms with van der Waals surface area (Å²) in [5.74, 6) is 0.175. The lowest BCUT2D eigenvalue weighted by molar-refractivity contribution is 0.0690. The van der Waals surface area contributed by atoms with Gasteiger partial charge in [0.05, 0.1) is 5.69 Å². The van der Waals surface area contributed by atoms with Crippen LogP contribution in [-0.2, 0) is 0 Å². The average Bonchev–Trinajstić information content (AvgIpc) is 2.85. The van der Waals surface area contributed by atoms with Gasteiger partial charge in [-0.2, -0.15) is 0 Å². The van der Waals surface area contributed by atoms with E-state index in [4.69, 9.17) is 26.8 Å². The summed E-state index contributed by atoms with van der Waals surface area (Å²) in [5.41, 5.74) is 1.18. The molecule has 0 saturated carbocycles. The maximum atomic E-state index is 11.0. The highest BCUT2D eigenvalue weighted by Crippen LogP contribution is 2.35. The van der Waals surface area contributed by atoms with Crippen molar-refractivity contribution in [1.29, 1.82) is 0 Å². The monoisotopic (exact) mass is 276 g/mol. The first-order valence-corrected chi connectivity index (χ1v) is 5.79. The molecule has 2 aromatic rings. The first kappa shape index (κ1) is 11.7. The summed E-state index contributed by atoms with van der Waals surface area (Å²) in [7, 11) is 0. The fourth-order valence-electron chi connectivity index (χ4n) is 1.78. The van der Waals surface area contributed by atoms with Crippen LogP contribution in [0.4, 0.5) is 0 Å². The van der Waals surface area contributed by atoms with E-state index < -0.39 is 5.97 Å². The zero-order chi connectivity index (χ0) is 13.4. The third-order valence-electron chi connectivity index (χ3n) is 2.64. The number of nitrogens with one attached hydrogen (secondary N) is 1. The molecule has 1 aliphatic rings. The second-order valence-electron chi connectivity index (χ2n) is 3.86. The number of nitrogens with zero attached hydrogens (tertiary/aromatic N) is 1. The minimum Gasteiger partial charge on any atom is -0.477 e. The van der Waals surface area contributed by atoms with Gasteiger partial charge in [-0.3, -0.25) is 0 Å². The zero-order valence-corrected chi connectivity index (χ0v) is 10.4. The first-order chi connectivity index (χ1) is 9.13. The summed E-state index contributed by atoms with van der Waals surface area (Å²) in [4.78, 5) is 17.6.